The molecular weight excluding hydrogens is 194 g/mol. The normalized spacial score (nSPS) is 11.3. The molecule has 0 aliphatic carbocycles. The summed E-state index contributed by atoms with van der Waals surface area (Å²) in [6.07, 6.45) is 2.12. The number of aromatic nitrogens is 2. The summed E-state index contributed by atoms with van der Waals surface area (Å²) in [5, 5.41) is 2.13. The zero-order valence-electron chi connectivity index (χ0n) is 6.73. The van der Waals surface area contributed by atoms with Crippen molar-refractivity contribution in [3.63, 3.8) is 0 Å². The van der Waals surface area contributed by atoms with Gasteiger partial charge >= 0.3 is 0 Å². The molecule has 1 aromatic rings. The minimum Gasteiger partial charge on any atom is -0.231 e. The van der Waals surface area contributed by atoms with Crippen LogP contribution >= 0.6 is 11.8 Å². The van der Waals surface area contributed by atoms with Gasteiger partial charge in [0.15, 0.2) is 5.16 Å². The van der Waals surface area contributed by atoms with E-state index in [1.165, 1.54) is 17.8 Å². The van der Waals surface area contributed by atoms with E-state index in [9.17, 15) is 8.78 Å². The van der Waals surface area contributed by atoms with Crippen LogP contribution in [0.5, 0.6) is 0 Å². The van der Waals surface area contributed by atoms with Crippen LogP contribution in [-0.4, -0.2) is 16.4 Å². The fraction of sp³-hybridized carbons (Fsp3) is 0.250. The lowest BCUT2D eigenvalue weighted by molar-refractivity contribution is 0.152. The third kappa shape index (κ3) is 4.57. The topological polar surface area (TPSA) is 25.8 Å². The number of alkyl halides is 2. The summed E-state index contributed by atoms with van der Waals surface area (Å²) in [6, 6.07) is 1.70. The Hall–Kier alpha value is -0.970. The maximum Gasteiger partial charge on any atom is 0.242 e. The molecule has 0 aliphatic heterocycles. The van der Waals surface area contributed by atoms with Crippen molar-refractivity contribution in [2.45, 2.75) is 18.0 Å². The van der Waals surface area contributed by atoms with Gasteiger partial charge in [-0.2, -0.15) is 0 Å². The van der Waals surface area contributed by atoms with Crippen LogP contribution in [0.3, 0.4) is 0 Å². The van der Waals surface area contributed by atoms with Crippen molar-refractivity contribution in [1.29, 1.82) is 0 Å². The third-order valence-corrected chi connectivity index (χ3v) is 1.88. The highest BCUT2D eigenvalue weighted by Gasteiger charge is 1.96. The van der Waals surface area contributed by atoms with Gasteiger partial charge in [-0.3, -0.25) is 0 Å². The molecule has 0 amide bonds. The molecule has 2 nitrogen and oxygen atoms in total. The first kappa shape index (κ1) is 10.1. The standard InChI is InChI=1S/C8H8F2N2S/c9-7(10)3-1-6-13-8-11-4-2-5-12-8/h1-2,4-7H,3H2. The fourth-order valence-corrected chi connectivity index (χ4v) is 1.19. The van der Waals surface area contributed by atoms with E-state index in [1.807, 2.05) is 0 Å². The molecule has 5 heteroatoms. The summed E-state index contributed by atoms with van der Waals surface area (Å²) < 4.78 is 23.3. The van der Waals surface area contributed by atoms with Gasteiger partial charge in [-0.25, -0.2) is 18.7 Å². The van der Waals surface area contributed by atoms with Gasteiger partial charge in [0.2, 0.25) is 6.43 Å². The highest BCUT2D eigenvalue weighted by molar-refractivity contribution is 8.02. The number of thioether (sulfide) groups is 1. The van der Waals surface area contributed by atoms with Gasteiger partial charge in [0.05, 0.1) is 0 Å². The number of allylic oxidation sites excluding steroid dienone is 1. The first-order chi connectivity index (χ1) is 6.29. The number of hydrogen-bond donors (Lipinski definition) is 0. The van der Waals surface area contributed by atoms with Crippen molar-refractivity contribution in [2.75, 3.05) is 0 Å². The fourth-order valence-electron chi connectivity index (χ4n) is 0.614. The Morgan fingerprint density at radius 1 is 1.38 bits per heavy atom. The second kappa shape index (κ2) is 5.64. The molecular formula is C8H8F2N2S. The highest BCUT2D eigenvalue weighted by atomic mass is 32.2. The second-order valence-electron chi connectivity index (χ2n) is 2.15. The molecule has 0 spiro atoms. The molecule has 0 unspecified atom stereocenters. The van der Waals surface area contributed by atoms with Crippen LogP contribution in [0.2, 0.25) is 0 Å². The first-order valence-corrected chi connectivity index (χ1v) is 4.54. The Morgan fingerprint density at radius 3 is 2.69 bits per heavy atom. The molecule has 0 saturated heterocycles. The number of nitrogens with zero attached hydrogens (tertiary/aromatic N) is 2. The molecule has 0 fully saturated rings. The minimum atomic E-state index is -2.28. The Kier molecular flexibility index (Phi) is 4.39. The zero-order valence-corrected chi connectivity index (χ0v) is 7.55. The van der Waals surface area contributed by atoms with E-state index in [4.69, 9.17) is 0 Å². The zero-order chi connectivity index (χ0) is 9.52. The lowest BCUT2D eigenvalue weighted by atomic mass is 10.4. The molecule has 0 atom stereocenters. The first-order valence-electron chi connectivity index (χ1n) is 3.66. The maximum atomic E-state index is 11.7. The lowest BCUT2D eigenvalue weighted by Crippen LogP contribution is -1.84. The molecule has 13 heavy (non-hydrogen) atoms. The minimum absolute atomic E-state index is 0.222. The van der Waals surface area contributed by atoms with Crippen LogP contribution in [0.1, 0.15) is 6.42 Å². The van der Waals surface area contributed by atoms with Crippen molar-refractivity contribution in [2.24, 2.45) is 0 Å². The molecule has 1 heterocycles. The monoisotopic (exact) mass is 202 g/mol. The molecule has 0 aromatic carbocycles. The van der Waals surface area contributed by atoms with Gasteiger partial charge in [0.1, 0.15) is 0 Å². The summed E-state index contributed by atoms with van der Waals surface area (Å²) >= 11 is 1.23. The van der Waals surface area contributed by atoms with Gasteiger partial charge in [-0.15, -0.1) is 0 Å². The average Bonchev–Trinajstić information content (AvgIpc) is 2.14. The Labute approximate surface area is 79.1 Å². The molecule has 0 N–H and O–H groups in total. The Morgan fingerprint density at radius 2 is 2.08 bits per heavy atom. The van der Waals surface area contributed by atoms with E-state index in [-0.39, 0.29) is 6.42 Å². The number of halogens is 2. The molecule has 0 aliphatic rings. The summed E-state index contributed by atoms with van der Waals surface area (Å²) in [4.78, 5) is 7.82. The van der Waals surface area contributed by atoms with E-state index < -0.39 is 6.43 Å². The molecule has 70 valence electrons. The van der Waals surface area contributed by atoms with E-state index in [0.29, 0.717) is 5.16 Å². The van der Waals surface area contributed by atoms with Gasteiger partial charge in [0.25, 0.3) is 0 Å². The summed E-state index contributed by atoms with van der Waals surface area (Å²) in [6.45, 7) is 0. The van der Waals surface area contributed by atoms with E-state index >= 15 is 0 Å². The van der Waals surface area contributed by atoms with Gasteiger partial charge < -0.3 is 0 Å². The molecule has 0 radical (unpaired) electrons. The van der Waals surface area contributed by atoms with Crippen molar-refractivity contribution in [1.82, 2.24) is 9.97 Å². The van der Waals surface area contributed by atoms with Crippen molar-refractivity contribution < 1.29 is 8.78 Å². The maximum absolute atomic E-state index is 11.7. The summed E-state index contributed by atoms with van der Waals surface area (Å²) in [5.74, 6) is 0. The van der Waals surface area contributed by atoms with Crippen LogP contribution in [0.25, 0.3) is 0 Å². The second-order valence-corrected chi connectivity index (χ2v) is 3.02. The third-order valence-electron chi connectivity index (χ3n) is 1.13. The van der Waals surface area contributed by atoms with Crippen molar-refractivity contribution >= 4 is 11.8 Å². The van der Waals surface area contributed by atoms with Crippen LogP contribution < -0.4 is 0 Å². The quantitative estimate of drug-likeness (QED) is 0.554. The highest BCUT2D eigenvalue weighted by Crippen LogP contribution is 2.13. The SMILES string of the molecule is FC(F)CC=CSc1ncccn1. The van der Waals surface area contributed by atoms with Crippen molar-refractivity contribution in [3.05, 3.63) is 29.9 Å². The Balaban J connectivity index is 2.31. The smallest absolute Gasteiger partial charge is 0.231 e. The van der Waals surface area contributed by atoms with Gasteiger partial charge in [-0.1, -0.05) is 17.8 Å². The largest absolute Gasteiger partial charge is 0.242 e. The number of rotatable bonds is 4. The van der Waals surface area contributed by atoms with Gasteiger partial charge in [-0.05, 0) is 11.5 Å². The van der Waals surface area contributed by atoms with E-state index in [0.717, 1.165) is 0 Å². The van der Waals surface area contributed by atoms with Crippen LogP contribution in [-0.2, 0) is 0 Å². The predicted octanol–water partition coefficient (Wildman–Crippen LogP) is 2.74. The lowest BCUT2D eigenvalue weighted by Gasteiger charge is -1.92. The predicted molar refractivity (Wildman–Crippen MR) is 47.7 cm³/mol. The summed E-state index contributed by atoms with van der Waals surface area (Å²) in [5.41, 5.74) is 0. The van der Waals surface area contributed by atoms with E-state index in [1.54, 1.807) is 23.9 Å². The molecule has 1 rings (SSSR count). The Bertz CT molecular complexity index is 264. The van der Waals surface area contributed by atoms with E-state index in [2.05, 4.69) is 9.97 Å². The van der Waals surface area contributed by atoms with Gasteiger partial charge in [0, 0.05) is 18.8 Å². The van der Waals surface area contributed by atoms with Crippen LogP contribution in [0.4, 0.5) is 8.78 Å². The molecule has 0 saturated carbocycles. The average molecular weight is 202 g/mol. The number of hydrogen-bond acceptors (Lipinski definition) is 3. The van der Waals surface area contributed by atoms with Crippen LogP contribution in [0, 0.1) is 0 Å². The van der Waals surface area contributed by atoms with Crippen LogP contribution in [0.15, 0.2) is 35.1 Å². The van der Waals surface area contributed by atoms with Crippen molar-refractivity contribution in [3.8, 4) is 0 Å². The summed E-state index contributed by atoms with van der Waals surface area (Å²) in [7, 11) is 0. The molecule has 0 bridgehead atoms. The molecule has 1 aromatic heterocycles.